The summed E-state index contributed by atoms with van der Waals surface area (Å²) in [5.41, 5.74) is 1.11. The van der Waals surface area contributed by atoms with E-state index in [1.54, 1.807) is 18.7 Å². The summed E-state index contributed by atoms with van der Waals surface area (Å²) in [6, 6.07) is 9.43. The number of esters is 1. The lowest BCUT2D eigenvalue weighted by Gasteiger charge is -2.46. The van der Waals surface area contributed by atoms with Crippen LogP contribution in [0.2, 0.25) is 0 Å². The summed E-state index contributed by atoms with van der Waals surface area (Å²) >= 11 is 18.2. The fourth-order valence-corrected chi connectivity index (χ4v) is 7.17. The zero-order valence-electron chi connectivity index (χ0n) is 18.2. The van der Waals surface area contributed by atoms with Crippen LogP contribution in [0.25, 0.3) is 0 Å². The number of amides is 1. The topological polar surface area (TPSA) is 85.3 Å². The number of thioether (sulfide) groups is 1. The standard InChI is InChI=1S/C21H24Cl3N2O5PS/c1-4-32(29,31-13(2)10-17(27)30-12-21(22,23)24)14(3)26-19(28)18-20(26)33-16(25-18)11-15-8-6-5-7-9-15/h5-10,14,18,20H,4,11-12H2,1-3H3. The highest BCUT2D eigenvalue weighted by molar-refractivity contribution is 8.14. The molecular weight excluding hydrogens is 530 g/mol. The van der Waals surface area contributed by atoms with Crippen LogP contribution in [0.5, 0.6) is 0 Å². The molecular formula is C21H24Cl3N2O5PS. The molecule has 2 aliphatic heterocycles. The summed E-state index contributed by atoms with van der Waals surface area (Å²) in [5.74, 6) is -1.56. The summed E-state index contributed by atoms with van der Waals surface area (Å²) in [7, 11) is -3.36. The molecule has 0 aliphatic carbocycles. The Morgan fingerprint density at radius 2 is 2.00 bits per heavy atom. The third-order valence-corrected chi connectivity index (χ3v) is 9.64. The Hall–Kier alpha value is -1.18. The molecule has 4 atom stereocenters. The second-order valence-electron chi connectivity index (χ2n) is 7.63. The Morgan fingerprint density at radius 1 is 1.33 bits per heavy atom. The number of fused-ring (bicyclic) bond motifs is 1. The molecule has 2 heterocycles. The Labute approximate surface area is 212 Å². The van der Waals surface area contributed by atoms with E-state index in [2.05, 4.69) is 4.99 Å². The second kappa shape index (κ2) is 10.6. The van der Waals surface area contributed by atoms with E-state index in [1.165, 1.54) is 18.7 Å². The molecule has 1 fully saturated rings. The van der Waals surface area contributed by atoms with E-state index in [4.69, 9.17) is 44.1 Å². The van der Waals surface area contributed by atoms with Gasteiger partial charge in [0.15, 0.2) is 6.04 Å². The summed E-state index contributed by atoms with van der Waals surface area (Å²) in [6.07, 6.45) is 1.86. The van der Waals surface area contributed by atoms with Crippen LogP contribution in [0.15, 0.2) is 47.2 Å². The average molecular weight is 554 g/mol. The highest BCUT2D eigenvalue weighted by atomic mass is 35.6. The SMILES string of the molecule is CCP(=O)(OC(C)=CC(=O)OCC(Cl)(Cl)Cl)C(C)N1C(=O)C2N=C(Cc3ccccc3)SC21. The van der Waals surface area contributed by atoms with E-state index in [0.717, 1.165) is 16.7 Å². The summed E-state index contributed by atoms with van der Waals surface area (Å²) in [5, 5.41) is 0.660. The molecule has 1 aromatic rings. The minimum atomic E-state index is -3.36. The lowest BCUT2D eigenvalue weighted by atomic mass is 10.1. The monoisotopic (exact) mass is 552 g/mol. The maximum Gasteiger partial charge on any atom is 0.334 e. The molecule has 0 radical (unpaired) electrons. The first-order valence-electron chi connectivity index (χ1n) is 10.2. The first-order chi connectivity index (χ1) is 15.4. The van der Waals surface area contributed by atoms with Crippen LogP contribution in [-0.2, 0) is 29.8 Å². The molecule has 0 bridgehead atoms. The molecule has 33 heavy (non-hydrogen) atoms. The first kappa shape index (κ1) is 26.4. The van der Waals surface area contributed by atoms with Gasteiger partial charge in [-0.2, -0.15) is 0 Å². The molecule has 1 aromatic carbocycles. The van der Waals surface area contributed by atoms with Crippen molar-refractivity contribution in [1.29, 1.82) is 0 Å². The van der Waals surface area contributed by atoms with Gasteiger partial charge in [-0.15, -0.1) is 0 Å². The van der Waals surface area contributed by atoms with Gasteiger partial charge in [0.05, 0.1) is 11.1 Å². The first-order valence-corrected chi connectivity index (χ1v) is 14.1. The number of rotatable bonds is 9. The van der Waals surface area contributed by atoms with Gasteiger partial charge in [0.25, 0.3) is 13.3 Å². The third-order valence-electron chi connectivity index (χ3n) is 5.20. The van der Waals surface area contributed by atoms with Gasteiger partial charge in [-0.3, -0.25) is 14.4 Å². The molecule has 7 nitrogen and oxygen atoms in total. The normalized spacial score (nSPS) is 23.2. The Bertz CT molecular complexity index is 1010. The van der Waals surface area contributed by atoms with E-state index in [9.17, 15) is 14.2 Å². The molecule has 180 valence electrons. The van der Waals surface area contributed by atoms with Crippen molar-refractivity contribution in [3.63, 3.8) is 0 Å². The van der Waals surface area contributed by atoms with E-state index >= 15 is 0 Å². The predicted octanol–water partition coefficient (Wildman–Crippen LogP) is 5.39. The van der Waals surface area contributed by atoms with Gasteiger partial charge < -0.3 is 14.2 Å². The molecule has 0 spiro atoms. The van der Waals surface area contributed by atoms with E-state index < -0.39 is 35.6 Å². The molecule has 4 unspecified atom stereocenters. The van der Waals surface area contributed by atoms with Crippen molar-refractivity contribution in [2.24, 2.45) is 4.99 Å². The summed E-state index contributed by atoms with van der Waals surface area (Å²) < 4.78 is 22.4. The minimum Gasteiger partial charge on any atom is -0.458 e. The zero-order chi connectivity index (χ0) is 24.4. The number of nitrogens with zero attached hydrogens (tertiary/aromatic N) is 2. The fourth-order valence-electron chi connectivity index (χ4n) is 3.52. The van der Waals surface area contributed by atoms with Crippen LogP contribution in [-0.4, -0.2) is 55.6 Å². The number of carbonyl (C=O) groups excluding carboxylic acids is 2. The van der Waals surface area contributed by atoms with Crippen molar-refractivity contribution in [3.05, 3.63) is 47.7 Å². The maximum atomic E-state index is 13.6. The maximum absolute atomic E-state index is 13.6. The van der Waals surface area contributed by atoms with Gasteiger partial charge in [-0.1, -0.05) is 83.8 Å². The van der Waals surface area contributed by atoms with Crippen molar-refractivity contribution in [1.82, 2.24) is 4.90 Å². The second-order valence-corrected chi connectivity index (χ2v) is 14.3. The number of likely N-dealkylation sites (tertiary alicyclic amines) is 1. The number of carbonyl (C=O) groups is 2. The molecule has 1 saturated heterocycles. The molecule has 0 saturated carbocycles. The van der Waals surface area contributed by atoms with Crippen molar-refractivity contribution in [2.75, 3.05) is 12.8 Å². The van der Waals surface area contributed by atoms with Gasteiger partial charge in [0.2, 0.25) is 3.79 Å². The number of allylic oxidation sites excluding steroid dienone is 1. The van der Waals surface area contributed by atoms with Crippen LogP contribution in [0.4, 0.5) is 0 Å². The number of halogens is 3. The number of hydrogen-bond donors (Lipinski definition) is 0. The number of hydrogen-bond acceptors (Lipinski definition) is 7. The smallest absolute Gasteiger partial charge is 0.334 e. The molecule has 12 heteroatoms. The Balaban J connectivity index is 1.63. The fraction of sp³-hybridized carbons (Fsp3) is 0.476. The summed E-state index contributed by atoms with van der Waals surface area (Å²) in [4.78, 5) is 30.8. The van der Waals surface area contributed by atoms with Gasteiger partial charge in [0, 0.05) is 12.6 Å². The largest absolute Gasteiger partial charge is 0.458 e. The summed E-state index contributed by atoms with van der Waals surface area (Å²) in [6.45, 7) is 4.46. The molecule has 1 amide bonds. The Morgan fingerprint density at radius 3 is 2.61 bits per heavy atom. The molecule has 2 aliphatic rings. The molecule has 0 aromatic heterocycles. The number of aliphatic imine (C=N–C) groups is 1. The van der Waals surface area contributed by atoms with E-state index in [-0.39, 0.29) is 23.2 Å². The lowest BCUT2D eigenvalue weighted by molar-refractivity contribution is -0.145. The van der Waals surface area contributed by atoms with Crippen LogP contribution < -0.4 is 0 Å². The number of ether oxygens (including phenoxy) is 1. The zero-order valence-corrected chi connectivity index (χ0v) is 22.2. The van der Waals surface area contributed by atoms with Gasteiger partial charge in [0.1, 0.15) is 23.5 Å². The third kappa shape index (κ3) is 6.49. The number of benzene rings is 1. The van der Waals surface area contributed by atoms with Crippen LogP contribution in [0.1, 0.15) is 26.3 Å². The molecule has 3 rings (SSSR count). The predicted molar refractivity (Wildman–Crippen MR) is 133 cm³/mol. The van der Waals surface area contributed by atoms with Gasteiger partial charge >= 0.3 is 5.97 Å². The van der Waals surface area contributed by atoms with Crippen molar-refractivity contribution >= 4 is 70.9 Å². The quantitative estimate of drug-likeness (QED) is 0.102. The van der Waals surface area contributed by atoms with Crippen LogP contribution in [0, 0.1) is 0 Å². The minimum absolute atomic E-state index is 0.0889. The van der Waals surface area contributed by atoms with Crippen LogP contribution in [0.3, 0.4) is 0 Å². The van der Waals surface area contributed by atoms with Crippen molar-refractivity contribution in [3.8, 4) is 0 Å². The van der Waals surface area contributed by atoms with Gasteiger partial charge in [-0.05, 0) is 19.4 Å². The van der Waals surface area contributed by atoms with Crippen molar-refractivity contribution in [2.45, 2.75) is 48.2 Å². The van der Waals surface area contributed by atoms with Crippen molar-refractivity contribution < 1.29 is 23.4 Å². The Kier molecular flexibility index (Phi) is 8.50. The highest BCUT2D eigenvalue weighted by Crippen LogP contribution is 2.57. The number of alkyl halides is 3. The molecule has 0 N–H and O–H groups in total. The van der Waals surface area contributed by atoms with Crippen LogP contribution >= 0.6 is 53.9 Å². The lowest BCUT2D eigenvalue weighted by Crippen LogP contribution is -2.63. The van der Waals surface area contributed by atoms with Gasteiger partial charge in [-0.25, -0.2) is 4.79 Å². The average Bonchev–Trinajstić information content (AvgIpc) is 3.10. The highest BCUT2D eigenvalue weighted by Gasteiger charge is 2.57. The van der Waals surface area contributed by atoms with E-state index in [1.807, 2.05) is 30.3 Å². The number of β-lactam (4-membered cyclic amide) rings is 1. The van der Waals surface area contributed by atoms with E-state index in [0.29, 0.717) is 6.42 Å².